The number of aryl methyl sites for hydroxylation is 2. The summed E-state index contributed by atoms with van der Waals surface area (Å²) in [6.45, 7) is 3.29. The number of aromatic nitrogens is 2. The molecule has 0 aliphatic rings. The minimum absolute atomic E-state index is 0.0308. The van der Waals surface area contributed by atoms with Crippen LogP contribution in [0.15, 0.2) is 83.8 Å². The SMILES string of the molecule is CCCn1c(CCC(=O)NCC(c2ccccc2)c2ccccc2)nc2cc(S(N)(=O)=O)ccc21. The summed E-state index contributed by atoms with van der Waals surface area (Å²) in [5.41, 5.74) is 3.69. The van der Waals surface area contributed by atoms with Gasteiger partial charge in [0, 0.05) is 31.8 Å². The van der Waals surface area contributed by atoms with E-state index >= 15 is 0 Å². The molecule has 1 heterocycles. The molecule has 182 valence electrons. The Bertz CT molecular complexity index is 1360. The van der Waals surface area contributed by atoms with E-state index in [9.17, 15) is 13.2 Å². The lowest BCUT2D eigenvalue weighted by atomic mass is 9.91. The van der Waals surface area contributed by atoms with Gasteiger partial charge in [-0.15, -0.1) is 0 Å². The summed E-state index contributed by atoms with van der Waals surface area (Å²) in [5, 5.41) is 8.37. The maximum Gasteiger partial charge on any atom is 0.238 e. The number of nitrogens with zero attached hydrogens (tertiary/aromatic N) is 2. The normalized spacial score (nSPS) is 11.7. The minimum atomic E-state index is -3.81. The van der Waals surface area contributed by atoms with Gasteiger partial charge in [0.2, 0.25) is 15.9 Å². The Morgan fingerprint density at radius 1 is 1.00 bits per heavy atom. The zero-order valence-electron chi connectivity index (χ0n) is 19.7. The topological polar surface area (TPSA) is 107 Å². The van der Waals surface area contributed by atoms with E-state index in [-0.39, 0.29) is 23.1 Å². The lowest BCUT2D eigenvalue weighted by molar-refractivity contribution is -0.121. The second-order valence-electron chi connectivity index (χ2n) is 8.55. The summed E-state index contributed by atoms with van der Waals surface area (Å²) >= 11 is 0. The van der Waals surface area contributed by atoms with Crippen molar-refractivity contribution in [3.63, 3.8) is 0 Å². The van der Waals surface area contributed by atoms with E-state index in [4.69, 9.17) is 5.14 Å². The average Bonchev–Trinajstić information content (AvgIpc) is 3.20. The first-order valence-electron chi connectivity index (χ1n) is 11.8. The summed E-state index contributed by atoms with van der Waals surface area (Å²) in [6, 6.07) is 25.0. The van der Waals surface area contributed by atoms with Crippen LogP contribution in [0.1, 0.15) is 42.6 Å². The number of hydrogen-bond donors (Lipinski definition) is 2. The van der Waals surface area contributed by atoms with Gasteiger partial charge < -0.3 is 9.88 Å². The van der Waals surface area contributed by atoms with Gasteiger partial charge in [-0.3, -0.25) is 4.79 Å². The lowest BCUT2D eigenvalue weighted by Crippen LogP contribution is -2.29. The van der Waals surface area contributed by atoms with Crippen molar-refractivity contribution in [2.45, 2.75) is 43.5 Å². The molecule has 0 aliphatic heterocycles. The van der Waals surface area contributed by atoms with Crippen molar-refractivity contribution in [3.8, 4) is 0 Å². The first kappa shape index (κ1) is 24.6. The van der Waals surface area contributed by atoms with E-state index in [0.29, 0.717) is 18.5 Å². The molecule has 1 aromatic heterocycles. The summed E-state index contributed by atoms with van der Waals surface area (Å²) in [4.78, 5) is 17.5. The largest absolute Gasteiger partial charge is 0.355 e. The molecule has 0 spiro atoms. The van der Waals surface area contributed by atoms with Gasteiger partial charge in [0.1, 0.15) is 5.82 Å². The quantitative estimate of drug-likeness (QED) is 0.351. The van der Waals surface area contributed by atoms with Gasteiger partial charge >= 0.3 is 0 Å². The Balaban J connectivity index is 1.47. The number of imidazole rings is 1. The maximum absolute atomic E-state index is 12.8. The second kappa shape index (κ2) is 10.8. The molecule has 0 saturated heterocycles. The van der Waals surface area contributed by atoms with Crippen LogP contribution in [0.3, 0.4) is 0 Å². The third kappa shape index (κ3) is 5.96. The number of hydrogen-bond acceptors (Lipinski definition) is 4. The molecule has 0 bridgehead atoms. The monoisotopic (exact) mass is 490 g/mol. The van der Waals surface area contributed by atoms with Crippen LogP contribution in [0, 0.1) is 0 Å². The smallest absolute Gasteiger partial charge is 0.238 e. The van der Waals surface area contributed by atoms with Crippen molar-refractivity contribution in [2.24, 2.45) is 5.14 Å². The standard InChI is InChI=1S/C27H30N4O3S/c1-2-17-31-25-14-13-22(35(28,33)34)18-24(25)30-26(31)15-16-27(32)29-19-23(20-9-5-3-6-10-20)21-11-7-4-8-12-21/h3-14,18,23H,2,15-17,19H2,1H3,(H,29,32)(H2,28,33,34). The van der Waals surface area contributed by atoms with E-state index in [2.05, 4.69) is 41.5 Å². The Morgan fingerprint density at radius 2 is 1.63 bits per heavy atom. The molecule has 7 nitrogen and oxygen atoms in total. The molecule has 0 saturated carbocycles. The summed E-state index contributed by atoms with van der Waals surface area (Å²) in [7, 11) is -3.81. The second-order valence-corrected chi connectivity index (χ2v) is 10.1. The number of primary sulfonamides is 1. The number of nitrogens with two attached hydrogens (primary N) is 1. The third-order valence-electron chi connectivity index (χ3n) is 6.06. The number of amides is 1. The van der Waals surface area contributed by atoms with Crippen LogP contribution in [0.25, 0.3) is 11.0 Å². The van der Waals surface area contributed by atoms with Crippen LogP contribution >= 0.6 is 0 Å². The first-order chi connectivity index (χ1) is 16.9. The molecule has 3 aromatic carbocycles. The minimum Gasteiger partial charge on any atom is -0.355 e. The fourth-order valence-corrected chi connectivity index (χ4v) is 4.86. The van der Waals surface area contributed by atoms with Gasteiger partial charge in [-0.05, 0) is 35.7 Å². The van der Waals surface area contributed by atoms with Gasteiger partial charge in [-0.1, -0.05) is 67.6 Å². The van der Waals surface area contributed by atoms with E-state index in [1.165, 1.54) is 12.1 Å². The van der Waals surface area contributed by atoms with Crippen molar-refractivity contribution in [1.82, 2.24) is 14.9 Å². The molecular weight excluding hydrogens is 460 g/mol. The fourth-order valence-electron chi connectivity index (χ4n) is 4.33. The van der Waals surface area contributed by atoms with Gasteiger partial charge in [0.25, 0.3) is 0 Å². The number of carbonyl (C=O) groups is 1. The highest BCUT2D eigenvalue weighted by molar-refractivity contribution is 7.89. The Hall–Kier alpha value is -3.49. The molecular formula is C27H30N4O3S. The van der Waals surface area contributed by atoms with Crippen molar-refractivity contribution in [1.29, 1.82) is 0 Å². The van der Waals surface area contributed by atoms with Crippen molar-refractivity contribution >= 4 is 27.0 Å². The zero-order chi connectivity index (χ0) is 24.8. The zero-order valence-corrected chi connectivity index (χ0v) is 20.5. The molecule has 0 atom stereocenters. The van der Waals surface area contributed by atoms with Crippen molar-refractivity contribution in [2.75, 3.05) is 6.54 Å². The molecule has 4 rings (SSSR count). The highest BCUT2D eigenvalue weighted by atomic mass is 32.2. The van der Waals surface area contributed by atoms with E-state index in [0.717, 1.165) is 35.4 Å². The Labute approximate surface area is 206 Å². The van der Waals surface area contributed by atoms with Gasteiger partial charge in [0.15, 0.2) is 0 Å². The predicted octanol–water partition coefficient (Wildman–Crippen LogP) is 3.97. The van der Waals surface area contributed by atoms with Crippen LogP contribution in [-0.2, 0) is 27.8 Å². The third-order valence-corrected chi connectivity index (χ3v) is 6.97. The van der Waals surface area contributed by atoms with Crippen LogP contribution in [0.4, 0.5) is 0 Å². The molecule has 4 aromatic rings. The number of nitrogens with one attached hydrogen (secondary N) is 1. The molecule has 35 heavy (non-hydrogen) atoms. The Morgan fingerprint density at radius 3 is 2.20 bits per heavy atom. The number of fused-ring (bicyclic) bond motifs is 1. The molecule has 3 N–H and O–H groups in total. The van der Waals surface area contributed by atoms with Crippen LogP contribution in [-0.4, -0.2) is 30.4 Å². The van der Waals surface area contributed by atoms with Crippen LogP contribution < -0.4 is 10.5 Å². The number of benzene rings is 3. The van der Waals surface area contributed by atoms with Crippen LogP contribution in [0.5, 0.6) is 0 Å². The lowest BCUT2D eigenvalue weighted by Gasteiger charge is -2.19. The summed E-state index contributed by atoms with van der Waals surface area (Å²) < 4.78 is 25.5. The molecule has 0 fully saturated rings. The summed E-state index contributed by atoms with van der Waals surface area (Å²) in [6.07, 6.45) is 1.62. The van der Waals surface area contributed by atoms with Gasteiger partial charge in [-0.25, -0.2) is 18.5 Å². The molecule has 8 heteroatoms. The van der Waals surface area contributed by atoms with E-state index in [1.54, 1.807) is 6.07 Å². The molecule has 0 unspecified atom stereocenters. The summed E-state index contributed by atoms with van der Waals surface area (Å²) in [5.74, 6) is 0.760. The number of rotatable bonds is 10. The van der Waals surface area contributed by atoms with E-state index in [1.807, 2.05) is 41.0 Å². The van der Waals surface area contributed by atoms with Crippen LogP contribution in [0.2, 0.25) is 0 Å². The van der Waals surface area contributed by atoms with Gasteiger partial charge in [-0.2, -0.15) is 0 Å². The number of carbonyl (C=O) groups excluding carboxylic acids is 1. The van der Waals surface area contributed by atoms with E-state index < -0.39 is 10.0 Å². The molecule has 1 amide bonds. The number of sulfonamides is 1. The highest BCUT2D eigenvalue weighted by Gasteiger charge is 2.17. The molecule has 0 aliphatic carbocycles. The molecule has 0 radical (unpaired) electrons. The van der Waals surface area contributed by atoms with Gasteiger partial charge in [0.05, 0.1) is 15.9 Å². The fraction of sp³-hybridized carbons (Fsp3) is 0.259. The Kier molecular flexibility index (Phi) is 7.63. The first-order valence-corrected chi connectivity index (χ1v) is 13.3. The highest BCUT2D eigenvalue weighted by Crippen LogP contribution is 2.24. The predicted molar refractivity (Wildman–Crippen MR) is 137 cm³/mol. The average molecular weight is 491 g/mol. The van der Waals surface area contributed by atoms with Crippen molar-refractivity contribution in [3.05, 3.63) is 95.8 Å². The maximum atomic E-state index is 12.8. The van der Waals surface area contributed by atoms with Crippen molar-refractivity contribution < 1.29 is 13.2 Å².